The topological polar surface area (TPSA) is 87.3 Å². The number of nitrogens with one attached hydrogen (secondary N) is 3. The summed E-state index contributed by atoms with van der Waals surface area (Å²) in [4.78, 5) is 40.0. The molecule has 0 aliphatic rings. The van der Waals surface area contributed by atoms with Gasteiger partial charge in [-0.2, -0.15) is 0 Å². The van der Waals surface area contributed by atoms with Crippen molar-refractivity contribution in [2.24, 2.45) is 0 Å². The quantitative estimate of drug-likeness (QED) is 0.127. The largest absolute Gasteiger partial charge is 0.324 e. The summed E-state index contributed by atoms with van der Waals surface area (Å²) in [5, 5.41) is 9.10. The highest BCUT2D eigenvalue weighted by Gasteiger charge is 2.20. The van der Waals surface area contributed by atoms with E-state index in [4.69, 9.17) is 23.2 Å². The Labute approximate surface area is 253 Å². The molecule has 9 heteroatoms. The number of anilines is 2. The molecule has 1 atom stereocenters. The van der Waals surface area contributed by atoms with Gasteiger partial charge in [-0.1, -0.05) is 78.7 Å². The van der Waals surface area contributed by atoms with Crippen LogP contribution in [0.15, 0.2) is 114 Å². The van der Waals surface area contributed by atoms with Crippen LogP contribution in [0, 0.1) is 0 Å². The van der Waals surface area contributed by atoms with E-state index in [9.17, 15) is 14.4 Å². The standard InChI is InChI=1S/C32H27Cl2N3O3S/c1-2-29(32(40)36-27-14-7-6-13-26(27)34)41-25-12-8-11-24(20-25)35-31(39)28(19-21-15-17-23(33)18-16-21)37-30(38)22-9-4-3-5-10-22/h3-20,29H,2H2,1H3,(H,35,39)(H,36,40)(H,37,38)/b28-19-. The van der Waals surface area contributed by atoms with E-state index >= 15 is 0 Å². The Kier molecular flexibility index (Phi) is 10.6. The summed E-state index contributed by atoms with van der Waals surface area (Å²) < 4.78 is 0. The van der Waals surface area contributed by atoms with Gasteiger partial charge < -0.3 is 16.0 Å². The third-order valence-corrected chi connectivity index (χ3v) is 7.81. The normalized spacial score (nSPS) is 11.8. The number of rotatable bonds is 10. The van der Waals surface area contributed by atoms with Gasteiger partial charge in [0.2, 0.25) is 5.91 Å². The van der Waals surface area contributed by atoms with E-state index in [-0.39, 0.29) is 16.9 Å². The average molecular weight is 605 g/mol. The minimum Gasteiger partial charge on any atom is -0.324 e. The fourth-order valence-electron chi connectivity index (χ4n) is 3.78. The summed E-state index contributed by atoms with van der Waals surface area (Å²) >= 11 is 13.6. The lowest BCUT2D eigenvalue weighted by atomic mass is 10.1. The molecule has 0 aliphatic heterocycles. The first-order valence-corrected chi connectivity index (χ1v) is 14.4. The minimum absolute atomic E-state index is 0.0600. The van der Waals surface area contributed by atoms with Gasteiger partial charge >= 0.3 is 0 Å². The Bertz CT molecular complexity index is 1560. The molecule has 0 saturated carbocycles. The van der Waals surface area contributed by atoms with Crippen molar-refractivity contribution in [2.75, 3.05) is 10.6 Å². The van der Waals surface area contributed by atoms with Crippen molar-refractivity contribution < 1.29 is 14.4 Å². The Morgan fingerprint density at radius 2 is 1.54 bits per heavy atom. The average Bonchev–Trinajstić information content (AvgIpc) is 2.98. The number of hydrogen-bond acceptors (Lipinski definition) is 4. The zero-order valence-electron chi connectivity index (χ0n) is 22.1. The number of carbonyl (C=O) groups excluding carboxylic acids is 3. The van der Waals surface area contributed by atoms with Gasteiger partial charge in [-0.05, 0) is 72.7 Å². The predicted molar refractivity (Wildman–Crippen MR) is 168 cm³/mol. The molecule has 0 fully saturated rings. The minimum atomic E-state index is -0.505. The van der Waals surface area contributed by atoms with Crippen LogP contribution in [0.25, 0.3) is 6.08 Å². The van der Waals surface area contributed by atoms with Crippen LogP contribution in [0.5, 0.6) is 0 Å². The summed E-state index contributed by atoms with van der Waals surface area (Å²) in [5.74, 6) is -1.09. The molecule has 1 unspecified atom stereocenters. The van der Waals surface area contributed by atoms with Gasteiger partial charge in [0.1, 0.15) is 5.70 Å². The molecule has 6 nitrogen and oxygen atoms in total. The van der Waals surface area contributed by atoms with Crippen LogP contribution in [0.1, 0.15) is 29.3 Å². The lowest BCUT2D eigenvalue weighted by molar-refractivity contribution is -0.116. The highest BCUT2D eigenvalue weighted by atomic mass is 35.5. The lowest BCUT2D eigenvalue weighted by Gasteiger charge is -2.16. The molecule has 208 valence electrons. The smallest absolute Gasteiger partial charge is 0.272 e. The first-order chi connectivity index (χ1) is 19.8. The molecule has 0 aromatic heterocycles. The molecule has 0 radical (unpaired) electrons. The van der Waals surface area contributed by atoms with E-state index in [2.05, 4.69) is 16.0 Å². The molecule has 0 spiro atoms. The molecule has 3 amide bonds. The van der Waals surface area contributed by atoms with Crippen molar-refractivity contribution in [3.63, 3.8) is 0 Å². The van der Waals surface area contributed by atoms with Crippen molar-refractivity contribution >= 4 is 70.1 Å². The van der Waals surface area contributed by atoms with E-state index in [0.29, 0.717) is 39.0 Å². The molecular weight excluding hydrogens is 577 g/mol. The zero-order chi connectivity index (χ0) is 29.2. The Balaban J connectivity index is 1.50. The van der Waals surface area contributed by atoms with Gasteiger partial charge in [0, 0.05) is 21.2 Å². The van der Waals surface area contributed by atoms with E-state index in [1.54, 1.807) is 97.1 Å². The van der Waals surface area contributed by atoms with E-state index in [1.807, 2.05) is 19.1 Å². The molecule has 4 aromatic rings. The Hall–Kier alpha value is -4.04. The molecule has 4 aromatic carbocycles. The first-order valence-electron chi connectivity index (χ1n) is 12.8. The molecular formula is C32H27Cl2N3O3S. The van der Waals surface area contributed by atoms with Crippen molar-refractivity contribution in [1.82, 2.24) is 5.32 Å². The maximum absolute atomic E-state index is 13.4. The molecule has 0 heterocycles. The van der Waals surface area contributed by atoms with Crippen LogP contribution in [0.4, 0.5) is 11.4 Å². The maximum Gasteiger partial charge on any atom is 0.272 e. The fraction of sp³-hybridized carbons (Fsp3) is 0.0938. The van der Waals surface area contributed by atoms with Gasteiger partial charge in [0.15, 0.2) is 0 Å². The van der Waals surface area contributed by atoms with Gasteiger partial charge in [-0.15, -0.1) is 11.8 Å². The number of thioether (sulfide) groups is 1. The number of carbonyl (C=O) groups is 3. The fourth-order valence-corrected chi connectivity index (χ4v) is 5.10. The van der Waals surface area contributed by atoms with Crippen molar-refractivity contribution in [2.45, 2.75) is 23.5 Å². The summed E-state index contributed by atoms with van der Waals surface area (Å²) in [5.41, 5.74) is 2.23. The molecule has 41 heavy (non-hydrogen) atoms. The van der Waals surface area contributed by atoms with Crippen molar-refractivity contribution in [1.29, 1.82) is 0 Å². The van der Waals surface area contributed by atoms with Crippen LogP contribution in [-0.2, 0) is 9.59 Å². The molecule has 3 N–H and O–H groups in total. The van der Waals surface area contributed by atoms with Crippen LogP contribution < -0.4 is 16.0 Å². The molecule has 0 bridgehead atoms. The second-order valence-electron chi connectivity index (χ2n) is 8.90. The highest BCUT2D eigenvalue weighted by Crippen LogP contribution is 2.30. The third-order valence-electron chi connectivity index (χ3n) is 5.88. The number of hydrogen-bond donors (Lipinski definition) is 3. The molecule has 4 rings (SSSR count). The van der Waals surface area contributed by atoms with Gasteiger partial charge in [-0.3, -0.25) is 14.4 Å². The van der Waals surface area contributed by atoms with Gasteiger partial charge in [-0.25, -0.2) is 0 Å². The first kappa shape index (κ1) is 29.9. The molecule has 0 saturated heterocycles. The second-order valence-corrected chi connectivity index (χ2v) is 11.0. The van der Waals surface area contributed by atoms with E-state index in [1.165, 1.54) is 11.8 Å². The summed E-state index contributed by atoms with van der Waals surface area (Å²) in [6, 6.07) is 29.8. The highest BCUT2D eigenvalue weighted by molar-refractivity contribution is 8.00. The number of para-hydroxylation sites is 1. The monoisotopic (exact) mass is 603 g/mol. The van der Waals surface area contributed by atoms with Gasteiger partial charge in [0.25, 0.3) is 11.8 Å². The van der Waals surface area contributed by atoms with E-state index < -0.39 is 11.8 Å². The Morgan fingerprint density at radius 3 is 2.24 bits per heavy atom. The lowest BCUT2D eigenvalue weighted by Crippen LogP contribution is -2.30. The number of halogens is 2. The number of amides is 3. The summed E-state index contributed by atoms with van der Waals surface area (Å²) in [7, 11) is 0. The third kappa shape index (κ3) is 8.72. The molecule has 0 aliphatic carbocycles. The Morgan fingerprint density at radius 1 is 0.829 bits per heavy atom. The second kappa shape index (κ2) is 14.6. The zero-order valence-corrected chi connectivity index (χ0v) is 24.4. The summed E-state index contributed by atoms with van der Waals surface area (Å²) in [6.07, 6.45) is 2.16. The van der Waals surface area contributed by atoms with E-state index in [0.717, 1.165) is 4.90 Å². The predicted octanol–water partition coefficient (Wildman–Crippen LogP) is 7.91. The number of benzene rings is 4. The van der Waals surface area contributed by atoms with Gasteiger partial charge in [0.05, 0.1) is 16.0 Å². The SMILES string of the molecule is CCC(Sc1cccc(NC(=O)/C(=C/c2ccc(Cl)cc2)NC(=O)c2ccccc2)c1)C(=O)Nc1ccccc1Cl. The van der Waals surface area contributed by atoms with Crippen LogP contribution >= 0.6 is 35.0 Å². The van der Waals surface area contributed by atoms with Crippen LogP contribution in [0.2, 0.25) is 10.0 Å². The van der Waals surface area contributed by atoms with Crippen LogP contribution in [-0.4, -0.2) is 23.0 Å². The van der Waals surface area contributed by atoms with Crippen LogP contribution in [0.3, 0.4) is 0 Å². The maximum atomic E-state index is 13.4. The summed E-state index contributed by atoms with van der Waals surface area (Å²) in [6.45, 7) is 1.93. The van der Waals surface area contributed by atoms with Crippen molar-refractivity contribution in [3.05, 3.63) is 130 Å². The van der Waals surface area contributed by atoms with Crippen molar-refractivity contribution in [3.8, 4) is 0 Å².